The average molecular weight is 461 g/mol. The monoisotopic (exact) mass is 460 g/mol. The fourth-order valence-electron chi connectivity index (χ4n) is 3.86. The van der Waals surface area contributed by atoms with Crippen LogP contribution in [-0.4, -0.2) is 46.8 Å². The van der Waals surface area contributed by atoms with Crippen LogP contribution in [0.1, 0.15) is 19.3 Å². The topological polar surface area (TPSA) is 102 Å². The number of halogens is 2. The minimum absolute atomic E-state index is 0.0106. The predicted molar refractivity (Wildman–Crippen MR) is 123 cm³/mol. The molecule has 1 fully saturated rings. The van der Waals surface area contributed by atoms with E-state index in [1.165, 1.54) is 0 Å². The number of rotatable bonds is 7. The van der Waals surface area contributed by atoms with Crippen LogP contribution in [-0.2, 0) is 9.53 Å². The second-order valence-corrected chi connectivity index (χ2v) is 8.25. The molecule has 0 spiro atoms. The van der Waals surface area contributed by atoms with E-state index in [0.29, 0.717) is 28.0 Å². The Balaban J connectivity index is 1.72. The highest BCUT2D eigenvalue weighted by Crippen LogP contribution is 2.38. The number of fused-ring (bicyclic) bond motifs is 1. The van der Waals surface area contributed by atoms with Gasteiger partial charge in [-0.1, -0.05) is 29.3 Å². The Hall–Kier alpha value is -2.61. The van der Waals surface area contributed by atoms with E-state index < -0.39 is 5.97 Å². The third kappa shape index (κ3) is 4.69. The zero-order chi connectivity index (χ0) is 22.0. The number of hydrogen-bond donors (Lipinski definition) is 2. The number of nitrogens with zero attached hydrogens (tertiary/aromatic N) is 3. The molecule has 162 valence electrons. The molecular formula is C22H22Cl2N4O3. The molecule has 0 radical (unpaired) electrons. The number of nitrogens with two attached hydrogens (primary N) is 1. The van der Waals surface area contributed by atoms with Crippen molar-refractivity contribution in [2.75, 3.05) is 30.4 Å². The van der Waals surface area contributed by atoms with Crippen LogP contribution in [0.2, 0.25) is 10.0 Å². The molecule has 2 aromatic heterocycles. The first kappa shape index (κ1) is 21.6. The highest BCUT2D eigenvalue weighted by Gasteiger charge is 2.27. The maximum Gasteiger partial charge on any atom is 0.305 e. The average Bonchev–Trinajstić information content (AvgIpc) is 3.22. The molecular weight excluding hydrogens is 439 g/mol. The molecule has 3 N–H and O–H groups in total. The Bertz CT molecular complexity index is 1110. The largest absolute Gasteiger partial charge is 0.481 e. The van der Waals surface area contributed by atoms with Gasteiger partial charge in [-0.15, -0.1) is 0 Å². The second-order valence-electron chi connectivity index (χ2n) is 7.47. The molecule has 1 saturated heterocycles. The Morgan fingerprint density at radius 1 is 1.29 bits per heavy atom. The van der Waals surface area contributed by atoms with Gasteiger partial charge in [-0.25, -0.2) is 9.97 Å². The molecule has 0 saturated carbocycles. The van der Waals surface area contributed by atoms with Crippen molar-refractivity contribution >= 4 is 51.7 Å². The quantitative estimate of drug-likeness (QED) is 0.494. The second kappa shape index (κ2) is 9.26. The summed E-state index contributed by atoms with van der Waals surface area (Å²) in [5, 5.41) is 10.5. The first-order chi connectivity index (χ1) is 14.9. The van der Waals surface area contributed by atoms with Crippen LogP contribution >= 0.6 is 23.2 Å². The number of carboxylic acid groups (broad SMARTS) is 1. The summed E-state index contributed by atoms with van der Waals surface area (Å²) < 4.78 is 5.62. The van der Waals surface area contributed by atoms with Crippen LogP contribution in [0.15, 0.2) is 36.5 Å². The molecule has 31 heavy (non-hydrogen) atoms. The van der Waals surface area contributed by atoms with Gasteiger partial charge in [0.15, 0.2) is 0 Å². The summed E-state index contributed by atoms with van der Waals surface area (Å²) in [4.78, 5) is 22.0. The first-order valence-electron chi connectivity index (χ1n) is 10.0. The molecule has 0 aliphatic carbocycles. The van der Waals surface area contributed by atoms with Crippen molar-refractivity contribution in [2.24, 2.45) is 0 Å². The molecule has 3 aromatic rings. The van der Waals surface area contributed by atoms with Crippen molar-refractivity contribution < 1.29 is 14.6 Å². The van der Waals surface area contributed by atoms with Gasteiger partial charge in [-0.2, -0.15) is 0 Å². The number of carbonyl (C=O) groups is 1. The van der Waals surface area contributed by atoms with Gasteiger partial charge in [0.2, 0.25) is 0 Å². The van der Waals surface area contributed by atoms with Crippen molar-refractivity contribution in [1.82, 2.24) is 9.97 Å². The summed E-state index contributed by atoms with van der Waals surface area (Å²) in [5.41, 5.74) is 8.22. The van der Waals surface area contributed by atoms with E-state index in [-0.39, 0.29) is 19.1 Å². The summed E-state index contributed by atoms with van der Waals surface area (Å²) in [6.45, 7) is 1.45. The third-order valence-electron chi connectivity index (χ3n) is 5.40. The standard InChI is InChI=1S/C22H22Cl2N4O3/c23-17-5-4-15-16(13-3-6-18(25)26-11-13)10-19(27-22(15)21(17)24)28-8-1-2-14(28)12-31-9-7-20(29)30/h3-6,10-11,14H,1-2,7-9,12H2,(H2,25,26)(H,29,30)/t14-/m0/s1. The Morgan fingerprint density at radius 3 is 2.87 bits per heavy atom. The molecule has 1 atom stereocenters. The Kier molecular flexibility index (Phi) is 6.46. The lowest BCUT2D eigenvalue weighted by molar-refractivity contribution is -0.138. The molecule has 1 aromatic carbocycles. The third-order valence-corrected chi connectivity index (χ3v) is 6.19. The first-order valence-corrected chi connectivity index (χ1v) is 10.8. The van der Waals surface area contributed by atoms with Crippen LogP contribution in [0.3, 0.4) is 0 Å². The molecule has 9 heteroatoms. The number of benzene rings is 1. The lowest BCUT2D eigenvalue weighted by atomic mass is 10.0. The summed E-state index contributed by atoms with van der Waals surface area (Å²) in [7, 11) is 0. The number of aromatic nitrogens is 2. The van der Waals surface area contributed by atoms with Gasteiger partial charge in [0.1, 0.15) is 11.6 Å². The highest BCUT2D eigenvalue weighted by atomic mass is 35.5. The van der Waals surface area contributed by atoms with Gasteiger partial charge in [-0.3, -0.25) is 4.79 Å². The number of nitrogen functional groups attached to an aromatic ring is 1. The van der Waals surface area contributed by atoms with Gasteiger partial charge in [0, 0.05) is 23.7 Å². The number of ether oxygens (including phenoxy) is 1. The van der Waals surface area contributed by atoms with E-state index in [0.717, 1.165) is 41.7 Å². The van der Waals surface area contributed by atoms with Gasteiger partial charge in [-0.05, 0) is 42.7 Å². The van der Waals surface area contributed by atoms with Crippen LogP contribution in [0.5, 0.6) is 0 Å². The number of carboxylic acids is 1. The highest BCUT2D eigenvalue weighted by molar-refractivity contribution is 6.45. The smallest absolute Gasteiger partial charge is 0.305 e. The van der Waals surface area contributed by atoms with Crippen LogP contribution < -0.4 is 10.6 Å². The van der Waals surface area contributed by atoms with Crippen molar-refractivity contribution in [3.63, 3.8) is 0 Å². The van der Waals surface area contributed by atoms with Crippen molar-refractivity contribution in [2.45, 2.75) is 25.3 Å². The molecule has 1 aliphatic rings. The van der Waals surface area contributed by atoms with E-state index in [1.807, 2.05) is 18.2 Å². The van der Waals surface area contributed by atoms with Gasteiger partial charge in [0.05, 0.1) is 41.2 Å². The summed E-state index contributed by atoms with van der Waals surface area (Å²) in [6.07, 6.45) is 3.65. The zero-order valence-electron chi connectivity index (χ0n) is 16.7. The molecule has 4 rings (SSSR count). The molecule has 7 nitrogen and oxygen atoms in total. The SMILES string of the molecule is Nc1ccc(-c2cc(N3CCC[C@H]3COCCC(=O)O)nc3c(Cl)c(Cl)ccc23)cn1. The molecule has 1 aliphatic heterocycles. The molecule has 3 heterocycles. The van der Waals surface area contributed by atoms with E-state index in [9.17, 15) is 4.79 Å². The van der Waals surface area contributed by atoms with Crippen LogP contribution in [0, 0.1) is 0 Å². The number of pyridine rings is 2. The van der Waals surface area contributed by atoms with E-state index in [2.05, 4.69) is 9.88 Å². The maximum atomic E-state index is 10.7. The van der Waals surface area contributed by atoms with Crippen molar-refractivity contribution in [3.8, 4) is 11.1 Å². The predicted octanol–water partition coefficient (Wildman–Crippen LogP) is 4.65. The van der Waals surface area contributed by atoms with Crippen molar-refractivity contribution in [3.05, 3.63) is 46.6 Å². The van der Waals surface area contributed by atoms with Gasteiger partial charge < -0.3 is 20.5 Å². The minimum Gasteiger partial charge on any atom is -0.481 e. The lowest BCUT2D eigenvalue weighted by Gasteiger charge is -2.27. The number of hydrogen-bond acceptors (Lipinski definition) is 6. The van der Waals surface area contributed by atoms with Gasteiger partial charge >= 0.3 is 5.97 Å². The fraction of sp³-hybridized carbons (Fsp3) is 0.318. The maximum absolute atomic E-state index is 10.7. The minimum atomic E-state index is -0.868. The Labute approximate surface area is 189 Å². The lowest BCUT2D eigenvalue weighted by Crippen LogP contribution is -2.34. The molecule has 0 amide bonds. The number of aliphatic carboxylic acids is 1. The summed E-state index contributed by atoms with van der Waals surface area (Å²) in [5.74, 6) is 0.349. The molecule has 0 bridgehead atoms. The van der Waals surface area contributed by atoms with E-state index in [1.54, 1.807) is 18.3 Å². The van der Waals surface area contributed by atoms with Crippen LogP contribution in [0.4, 0.5) is 11.6 Å². The van der Waals surface area contributed by atoms with Crippen LogP contribution in [0.25, 0.3) is 22.0 Å². The zero-order valence-corrected chi connectivity index (χ0v) is 18.2. The van der Waals surface area contributed by atoms with Crippen molar-refractivity contribution in [1.29, 1.82) is 0 Å². The summed E-state index contributed by atoms with van der Waals surface area (Å²) in [6, 6.07) is 9.47. The van der Waals surface area contributed by atoms with Gasteiger partial charge in [0.25, 0.3) is 0 Å². The normalized spacial score (nSPS) is 16.2. The summed E-state index contributed by atoms with van der Waals surface area (Å²) >= 11 is 12.8. The fourth-order valence-corrected chi connectivity index (χ4v) is 4.22. The molecule has 0 unspecified atom stereocenters. The van der Waals surface area contributed by atoms with E-state index >= 15 is 0 Å². The Morgan fingerprint density at radius 2 is 2.13 bits per heavy atom. The number of anilines is 2. The van der Waals surface area contributed by atoms with E-state index in [4.69, 9.17) is 43.8 Å².